The lowest BCUT2D eigenvalue weighted by Gasteiger charge is -2.15. The Bertz CT molecular complexity index is 1100. The Morgan fingerprint density at radius 3 is 2.50 bits per heavy atom. The van der Waals surface area contributed by atoms with Crippen LogP contribution in [-0.2, 0) is 29.8 Å². The number of rotatable bonds is 8. The zero-order valence-corrected chi connectivity index (χ0v) is 21.7. The van der Waals surface area contributed by atoms with Crippen LogP contribution in [0.15, 0.2) is 34.8 Å². The fraction of sp³-hybridized carbons (Fsp3) is 0.348. The van der Waals surface area contributed by atoms with E-state index in [1.54, 1.807) is 30.8 Å². The molecule has 0 saturated heterocycles. The van der Waals surface area contributed by atoms with Crippen LogP contribution in [0.3, 0.4) is 0 Å². The zero-order chi connectivity index (χ0) is 22.7. The Balaban J connectivity index is 0.00000363. The second-order valence-corrected chi connectivity index (χ2v) is 9.38. The van der Waals surface area contributed by atoms with E-state index < -0.39 is 5.97 Å². The maximum absolute atomic E-state index is 13.2. The third-order valence-corrected chi connectivity index (χ3v) is 6.63. The fourth-order valence-electron chi connectivity index (χ4n) is 3.59. The summed E-state index contributed by atoms with van der Waals surface area (Å²) in [4.78, 5) is 15.0. The highest BCUT2D eigenvalue weighted by atomic mass is 79.9. The average molecular weight is 546 g/mol. The molecular weight excluding hydrogens is 519 g/mol. The first kappa shape index (κ1) is 26.5. The molecule has 0 bridgehead atoms. The van der Waals surface area contributed by atoms with Crippen LogP contribution < -0.4 is 0 Å². The number of carbonyl (C=O) groups is 1. The van der Waals surface area contributed by atoms with Crippen molar-refractivity contribution in [2.45, 2.75) is 25.0 Å². The molecule has 0 amide bonds. The molecule has 0 fully saturated rings. The molecule has 0 unspecified atom stereocenters. The molecule has 5 nitrogen and oxygen atoms in total. The number of benzene rings is 2. The van der Waals surface area contributed by atoms with Crippen molar-refractivity contribution in [2.24, 2.45) is 7.05 Å². The van der Waals surface area contributed by atoms with Crippen LogP contribution in [-0.4, -0.2) is 41.2 Å². The van der Waals surface area contributed by atoms with E-state index in [9.17, 15) is 14.3 Å². The minimum atomic E-state index is -0.396. The summed E-state index contributed by atoms with van der Waals surface area (Å²) in [5.74, 6) is 0.723. The van der Waals surface area contributed by atoms with Crippen LogP contribution in [0.1, 0.15) is 34.1 Å². The molecule has 3 aromatic rings. The number of fused-ring (bicyclic) bond motifs is 1. The van der Waals surface area contributed by atoms with Gasteiger partial charge in [-0.25, -0.2) is 9.18 Å². The van der Waals surface area contributed by atoms with Gasteiger partial charge < -0.3 is 19.3 Å². The molecule has 0 aliphatic carbocycles. The maximum atomic E-state index is 13.2. The van der Waals surface area contributed by atoms with Crippen molar-refractivity contribution in [3.63, 3.8) is 0 Å². The van der Waals surface area contributed by atoms with Gasteiger partial charge in [0.05, 0.1) is 22.2 Å². The van der Waals surface area contributed by atoms with Gasteiger partial charge in [-0.15, -0.1) is 12.4 Å². The van der Waals surface area contributed by atoms with Gasteiger partial charge in [0, 0.05) is 41.7 Å². The van der Waals surface area contributed by atoms with Crippen LogP contribution in [0.5, 0.6) is 5.75 Å². The molecule has 0 aliphatic rings. The van der Waals surface area contributed by atoms with Crippen LogP contribution in [0, 0.1) is 5.82 Å². The number of ether oxygens (including phenoxy) is 1. The summed E-state index contributed by atoms with van der Waals surface area (Å²) in [5, 5.41) is 11.5. The van der Waals surface area contributed by atoms with Gasteiger partial charge in [0.2, 0.25) is 0 Å². The molecule has 0 saturated carbocycles. The highest BCUT2D eigenvalue weighted by Crippen LogP contribution is 2.40. The van der Waals surface area contributed by atoms with Crippen molar-refractivity contribution in [3.8, 4) is 5.75 Å². The summed E-state index contributed by atoms with van der Waals surface area (Å²) in [6.45, 7) is 2.52. The first-order valence-corrected chi connectivity index (χ1v) is 11.8. The van der Waals surface area contributed by atoms with Crippen LogP contribution >= 0.6 is 40.1 Å². The Kier molecular flexibility index (Phi) is 9.45. The van der Waals surface area contributed by atoms with Gasteiger partial charge in [0.15, 0.2) is 0 Å². The summed E-state index contributed by atoms with van der Waals surface area (Å²) in [6, 6.07) is 8.26. The Morgan fingerprint density at radius 2 is 1.91 bits per heavy atom. The van der Waals surface area contributed by atoms with Crippen molar-refractivity contribution < 1.29 is 19.0 Å². The molecule has 32 heavy (non-hydrogen) atoms. The number of esters is 1. The molecule has 0 spiro atoms. The Morgan fingerprint density at radius 1 is 1.25 bits per heavy atom. The van der Waals surface area contributed by atoms with Gasteiger partial charge in [-0.1, -0.05) is 12.1 Å². The van der Waals surface area contributed by atoms with Gasteiger partial charge >= 0.3 is 5.97 Å². The third kappa shape index (κ3) is 5.60. The standard InChI is InChI=1S/C23H26BrFN2O3S.ClH/c1-5-30-23(29)21-19(13-31-12-14-6-8-15(25)9-7-14)27(4)18-10-17(24)22(28)16(20(18)21)11-26(2)3;/h6-10,28H,5,11-13H2,1-4H3;1H. The van der Waals surface area contributed by atoms with Crippen LogP contribution in [0.4, 0.5) is 4.39 Å². The number of nitrogens with zero attached hydrogens (tertiary/aromatic N) is 2. The van der Waals surface area contributed by atoms with Gasteiger partial charge in [-0.3, -0.25) is 0 Å². The number of phenolic OH excluding ortho intramolecular Hbond substituents is 1. The Labute approximate surface area is 206 Å². The SMILES string of the molecule is CCOC(=O)c1c(CSCc2ccc(F)cc2)n(C)c2cc(Br)c(O)c(CN(C)C)c12.Cl. The number of aromatic nitrogens is 1. The van der Waals surface area contributed by atoms with Gasteiger partial charge in [0.25, 0.3) is 0 Å². The molecule has 3 rings (SSSR count). The van der Waals surface area contributed by atoms with Crippen molar-refractivity contribution in [1.82, 2.24) is 9.47 Å². The molecule has 0 radical (unpaired) electrons. The first-order chi connectivity index (χ1) is 14.7. The van der Waals surface area contributed by atoms with Gasteiger partial charge in [0.1, 0.15) is 11.6 Å². The van der Waals surface area contributed by atoms with E-state index in [-0.39, 0.29) is 30.6 Å². The van der Waals surface area contributed by atoms with E-state index in [0.717, 1.165) is 16.8 Å². The van der Waals surface area contributed by atoms with E-state index in [2.05, 4.69) is 15.9 Å². The number of hydrogen-bond donors (Lipinski definition) is 1. The van der Waals surface area contributed by atoms with Crippen molar-refractivity contribution in [2.75, 3.05) is 20.7 Å². The molecule has 1 heterocycles. The molecule has 0 atom stereocenters. The van der Waals surface area contributed by atoms with E-state index in [1.165, 1.54) is 12.1 Å². The number of aryl methyl sites for hydroxylation is 1. The number of halogens is 3. The molecule has 9 heteroatoms. The molecule has 1 aromatic heterocycles. The van der Waals surface area contributed by atoms with Crippen LogP contribution in [0.25, 0.3) is 10.9 Å². The van der Waals surface area contributed by atoms with E-state index in [0.29, 0.717) is 39.0 Å². The lowest BCUT2D eigenvalue weighted by Crippen LogP contribution is -2.13. The molecule has 174 valence electrons. The minimum Gasteiger partial charge on any atom is -0.506 e. The second kappa shape index (κ2) is 11.4. The number of thioether (sulfide) groups is 1. The summed E-state index contributed by atoms with van der Waals surface area (Å²) < 4.78 is 21.1. The summed E-state index contributed by atoms with van der Waals surface area (Å²) >= 11 is 5.08. The van der Waals surface area contributed by atoms with Gasteiger partial charge in [-0.05, 0) is 60.7 Å². The van der Waals surface area contributed by atoms with Crippen molar-refractivity contribution in [1.29, 1.82) is 0 Å². The van der Waals surface area contributed by atoms with Crippen molar-refractivity contribution in [3.05, 3.63) is 63.0 Å². The predicted molar refractivity (Wildman–Crippen MR) is 134 cm³/mol. The lowest BCUT2D eigenvalue weighted by molar-refractivity contribution is 0.0527. The quantitative estimate of drug-likeness (QED) is 0.358. The molecular formula is C23H27BrClFN2O3S. The first-order valence-electron chi connectivity index (χ1n) is 9.90. The van der Waals surface area contributed by atoms with E-state index >= 15 is 0 Å². The number of aromatic hydroxyl groups is 1. The summed E-state index contributed by atoms with van der Waals surface area (Å²) in [7, 11) is 5.75. The number of carbonyl (C=O) groups excluding carboxylic acids is 1. The van der Waals surface area contributed by atoms with Crippen LogP contribution in [0.2, 0.25) is 0 Å². The molecule has 1 N–H and O–H groups in total. The largest absolute Gasteiger partial charge is 0.506 e. The summed E-state index contributed by atoms with van der Waals surface area (Å²) in [5.41, 5.74) is 3.87. The molecule has 0 aliphatic heterocycles. The van der Waals surface area contributed by atoms with Crippen molar-refractivity contribution >= 4 is 57.0 Å². The Hall–Kier alpha value is -1.74. The normalized spacial score (nSPS) is 11.1. The zero-order valence-electron chi connectivity index (χ0n) is 18.4. The second-order valence-electron chi connectivity index (χ2n) is 7.54. The molecule has 2 aromatic carbocycles. The topological polar surface area (TPSA) is 54.7 Å². The minimum absolute atomic E-state index is 0. The number of hydrogen-bond acceptors (Lipinski definition) is 5. The van der Waals surface area contributed by atoms with E-state index in [1.807, 2.05) is 36.7 Å². The van der Waals surface area contributed by atoms with Gasteiger partial charge in [-0.2, -0.15) is 11.8 Å². The third-order valence-electron chi connectivity index (χ3n) is 5.01. The smallest absolute Gasteiger partial charge is 0.340 e. The highest BCUT2D eigenvalue weighted by Gasteiger charge is 2.27. The monoisotopic (exact) mass is 544 g/mol. The maximum Gasteiger partial charge on any atom is 0.340 e. The fourth-order valence-corrected chi connectivity index (χ4v) is 5.10. The number of phenols is 1. The van der Waals surface area contributed by atoms with E-state index in [4.69, 9.17) is 4.74 Å². The average Bonchev–Trinajstić information content (AvgIpc) is 2.99. The highest BCUT2D eigenvalue weighted by molar-refractivity contribution is 9.10. The predicted octanol–water partition coefficient (Wildman–Crippen LogP) is 5.88. The summed E-state index contributed by atoms with van der Waals surface area (Å²) in [6.07, 6.45) is 0. The lowest BCUT2D eigenvalue weighted by atomic mass is 10.0.